The number of rotatable bonds is 5. The first-order valence-corrected chi connectivity index (χ1v) is 8.84. The Morgan fingerprint density at radius 3 is 2.90 bits per heavy atom. The van der Waals surface area contributed by atoms with E-state index in [1.54, 1.807) is 0 Å². The maximum absolute atomic E-state index is 5.79. The van der Waals surface area contributed by atoms with Crippen LogP contribution < -0.4 is 11.3 Å². The number of aromatic nitrogens is 1. The number of pyridine rings is 1. The molecule has 1 aromatic heterocycles. The second-order valence-corrected chi connectivity index (χ2v) is 7.10. The van der Waals surface area contributed by atoms with Crippen LogP contribution in [0.2, 0.25) is 0 Å². The summed E-state index contributed by atoms with van der Waals surface area (Å²) in [5.74, 6) is 6.82. The SMILES string of the molecule is NNC(CSC1CCCCC1)c1ccc2ncccc2c1. The van der Waals surface area contributed by atoms with Crippen LogP contribution in [0.5, 0.6) is 0 Å². The predicted molar refractivity (Wildman–Crippen MR) is 91.1 cm³/mol. The van der Waals surface area contributed by atoms with E-state index in [2.05, 4.69) is 46.4 Å². The Hall–Kier alpha value is -1.10. The lowest BCUT2D eigenvalue weighted by atomic mass is 10.0. The van der Waals surface area contributed by atoms with Crippen molar-refractivity contribution in [1.29, 1.82) is 0 Å². The molecule has 3 rings (SSSR count). The fourth-order valence-electron chi connectivity index (χ4n) is 3.02. The topological polar surface area (TPSA) is 50.9 Å². The van der Waals surface area contributed by atoms with E-state index in [4.69, 9.17) is 5.84 Å². The van der Waals surface area contributed by atoms with Crippen molar-refractivity contribution >= 4 is 22.7 Å². The highest BCUT2D eigenvalue weighted by atomic mass is 32.2. The van der Waals surface area contributed by atoms with Gasteiger partial charge in [0.1, 0.15) is 0 Å². The first kappa shape index (κ1) is 14.8. The third kappa shape index (κ3) is 3.76. The van der Waals surface area contributed by atoms with Crippen molar-refractivity contribution < 1.29 is 0 Å². The smallest absolute Gasteiger partial charge is 0.0702 e. The largest absolute Gasteiger partial charge is 0.271 e. The van der Waals surface area contributed by atoms with Crippen LogP contribution in [-0.2, 0) is 0 Å². The van der Waals surface area contributed by atoms with Gasteiger partial charge in [0.25, 0.3) is 0 Å². The van der Waals surface area contributed by atoms with Gasteiger partial charge in [0.15, 0.2) is 0 Å². The molecule has 1 atom stereocenters. The predicted octanol–water partition coefficient (Wildman–Crippen LogP) is 3.81. The van der Waals surface area contributed by atoms with Gasteiger partial charge in [-0.05, 0) is 36.6 Å². The lowest BCUT2D eigenvalue weighted by molar-refractivity contribution is 0.514. The average Bonchev–Trinajstić information content (AvgIpc) is 2.56. The Labute approximate surface area is 130 Å². The molecule has 3 nitrogen and oxygen atoms in total. The number of fused-ring (bicyclic) bond motifs is 1. The third-order valence-electron chi connectivity index (χ3n) is 4.28. The summed E-state index contributed by atoms with van der Waals surface area (Å²) in [5, 5.41) is 2.00. The molecule has 3 N–H and O–H groups in total. The van der Waals surface area contributed by atoms with Gasteiger partial charge in [-0.25, -0.2) is 0 Å². The molecule has 1 fully saturated rings. The molecule has 4 heteroatoms. The van der Waals surface area contributed by atoms with Gasteiger partial charge >= 0.3 is 0 Å². The van der Waals surface area contributed by atoms with Crippen molar-refractivity contribution in [3.8, 4) is 0 Å². The number of nitrogens with two attached hydrogens (primary N) is 1. The standard InChI is InChI=1S/C17H23N3S/c18-20-17(12-21-15-6-2-1-3-7-15)14-8-9-16-13(11-14)5-4-10-19-16/h4-5,8-11,15,17,20H,1-3,6-7,12,18H2. The molecule has 1 unspecified atom stereocenters. The summed E-state index contributed by atoms with van der Waals surface area (Å²) in [7, 11) is 0. The van der Waals surface area contributed by atoms with Crippen LogP contribution in [0.25, 0.3) is 10.9 Å². The summed E-state index contributed by atoms with van der Waals surface area (Å²) in [6.07, 6.45) is 8.75. The number of hydrazine groups is 1. The second kappa shape index (κ2) is 7.25. The van der Waals surface area contributed by atoms with Crippen molar-refractivity contribution in [2.24, 2.45) is 5.84 Å². The molecule has 1 aromatic carbocycles. The highest BCUT2D eigenvalue weighted by Gasteiger charge is 2.17. The molecular weight excluding hydrogens is 278 g/mol. The van der Waals surface area contributed by atoms with Gasteiger partial charge in [0.2, 0.25) is 0 Å². The molecule has 112 valence electrons. The van der Waals surface area contributed by atoms with Gasteiger partial charge in [0.05, 0.1) is 11.6 Å². The normalized spacial score (nSPS) is 18.0. The van der Waals surface area contributed by atoms with Crippen molar-refractivity contribution in [2.45, 2.75) is 43.4 Å². The maximum Gasteiger partial charge on any atom is 0.0702 e. The Balaban J connectivity index is 1.68. The first-order chi connectivity index (χ1) is 10.4. The van der Waals surface area contributed by atoms with Gasteiger partial charge in [-0.2, -0.15) is 11.8 Å². The maximum atomic E-state index is 5.79. The van der Waals surface area contributed by atoms with Crippen molar-refractivity contribution in [2.75, 3.05) is 5.75 Å². The zero-order valence-corrected chi connectivity index (χ0v) is 13.1. The van der Waals surface area contributed by atoms with Gasteiger partial charge in [-0.3, -0.25) is 16.3 Å². The Morgan fingerprint density at radius 2 is 2.10 bits per heavy atom. The molecule has 0 radical (unpaired) electrons. The van der Waals surface area contributed by atoms with E-state index in [-0.39, 0.29) is 6.04 Å². The van der Waals surface area contributed by atoms with Crippen LogP contribution in [-0.4, -0.2) is 16.0 Å². The molecule has 0 aliphatic heterocycles. The summed E-state index contributed by atoms with van der Waals surface area (Å²) < 4.78 is 0. The van der Waals surface area contributed by atoms with Crippen LogP contribution >= 0.6 is 11.8 Å². The molecule has 1 saturated carbocycles. The van der Waals surface area contributed by atoms with Crippen molar-refractivity contribution in [1.82, 2.24) is 10.4 Å². The minimum atomic E-state index is 0.210. The molecule has 1 aliphatic rings. The van der Waals surface area contributed by atoms with E-state index in [0.29, 0.717) is 0 Å². The summed E-state index contributed by atoms with van der Waals surface area (Å²) in [6.45, 7) is 0. The van der Waals surface area contributed by atoms with Crippen LogP contribution in [0.3, 0.4) is 0 Å². The first-order valence-electron chi connectivity index (χ1n) is 7.79. The van der Waals surface area contributed by atoms with Crippen LogP contribution in [0.15, 0.2) is 36.5 Å². The van der Waals surface area contributed by atoms with E-state index >= 15 is 0 Å². The third-order valence-corrected chi connectivity index (χ3v) is 5.75. The van der Waals surface area contributed by atoms with Crippen LogP contribution in [0.4, 0.5) is 0 Å². The lowest BCUT2D eigenvalue weighted by Crippen LogP contribution is -2.30. The lowest BCUT2D eigenvalue weighted by Gasteiger charge is -2.24. The quantitative estimate of drug-likeness (QED) is 0.651. The molecule has 0 spiro atoms. The van der Waals surface area contributed by atoms with Gasteiger partial charge in [-0.15, -0.1) is 0 Å². The van der Waals surface area contributed by atoms with Gasteiger partial charge in [0, 0.05) is 22.6 Å². The zero-order valence-electron chi connectivity index (χ0n) is 12.3. The van der Waals surface area contributed by atoms with E-state index in [1.807, 2.05) is 12.3 Å². The molecule has 2 aromatic rings. The van der Waals surface area contributed by atoms with Gasteiger partial charge in [-0.1, -0.05) is 31.4 Å². The van der Waals surface area contributed by atoms with E-state index < -0.39 is 0 Å². The Kier molecular flexibility index (Phi) is 5.12. The fraction of sp³-hybridized carbons (Fsp3) is 0.471. The monoisotopic (exact) mass is 301 g/mol. The number of thioether (sulfide) groups is 1. The highest BCUT2D eigenvalue weighted by Crippen LogP contribution is 2.31. The van der Waals surface area contributed by atoms with Crippen LogP contribution in [0.1, 0.15) is 43.7 Å². The zero-order chi connectivity index (χ0) is 14.5. The van der Waals surface area contributed by atoms with Crippen molar-refractivity contribution in [3.63, 3.8) is 0 Å². The number of nitrogens with zero attached hydrogens (tertiary/aromatic N) is 1. The molecule has 1 heterocycles. The van der Waals surface area contributed by atoms with E-state index in [0.717, 1.165) is 16.5 Å². The minimum absolute atomic E-state index is 0.210. The molecule has 0 bridgehead atoms. The summed E-state index contributed by atoms with van der Waals surface area (Å²) >= 11 is 2.07. The summed E-state index contributed by atoms with van der Waals surface area (Å²) in [4.78, 5) is 4.37. The number of hydrogen-bond acceptors (Lipinski definition) is 4. The van der Waals surface area contributed by atoms with E-state index in [1.165, 1.54) is 43.1 Å². The van der Waals surface area contributed by atoms with Gasteiger partial charge < -0.3 is 0 Å². The number of nitrogens with one attached hydrogen (secondary N) is 1. The highest BCUT2D eigenvalue weighted by molar-refractivity contribution is 7.99. The molecular formula is C17H23N3S. The summed E-state index contributed by atoms with van der Waals surface area (Å²) in [5.41, 5.74) is 5.27. The average molecular weight is 301 g/mol. The Bertz CT molecular complexity index is 581. The van der Waals surface area contributed by atoms with E-state index in [9.17, 15) is 0 Å². The molecule has 0 saturated heterocycles. The fourth-order valence-corrected chi connectivity index (χ4v) is 4.44. The molecule has 21 heavy (non-hydrogen) atoms. The minimum Gasteiger partial charge on any atom is -0.271 e. The second-order valence-electron chi connectivity index (χ2n) is 5.77. The number of hydrogen-bond donors (Lipinski definition) is 2. The molecule has 1 aliphatic carbocycles. The van der Waals surface area contributed by atoms with Crippen molar-refractivity contribution in [3.05, 3.63) is 42.1 Å². The summed E-state index contributed by atoms with van der Waals surface area (Å²) in [6, 6.07) is 10.7. The number of benzene rings is 1. The molecule has 0 amide bonds. The van der Waals surface area contributed by atoms with Crippen LogP contribution in [0, 0.1) is 0 Å². The Morgan fingerprint density at radius 1 is 1.24 bits per heavy atom.